The van der Waals surface area contributed by atoms with Crippen molar-refractivity contribution in [1.29, 1.82) is 0 Å². The molecule has 2 N–H and O–H groups in total. The zero-order valence-electron chi connectivity index (χ0n) is 9.76. The van der Waals surface area contributed by atoms with E-state index in [-0.39, 0.29) is 12.1 Å². The van der Waals surface area contributed by atoms with Crippen molar-refractivity contribution in [2.75, 3.05) is 20.1 Å². The number of likely N-dealkylation sites (N-methyl/N-ethyl adjacent to an activating group) is 1. The molecule has 0 aliphatic carbocycles. The van der Waals surface area contributed by atoms with Crippen LogP contribution in [-0.4, -0.2) is 42.3 Å². The zero-order valence-corrected chi connectivity index (χ0v) is 9.76. The molecule has 1 saturated heterocycles. The molecule has 2 atom stereocenters. The fraction of sp³-hybridized carbons (Fsp3) is 0.538. The summed E-state index contributed by atoms with van der Waals surface area (Å²) in [6, 6.07) is 10.6. The van der Waals surface area contributed by atoms with Gasteiger partial charge in [-0.05, 0) is 25.6 Å². The Hall–Kier alpha value is -0.900. The molecule has 3 heteroatoms. The van der Waals surface area contributed by atoms with Gasteiger partial charge in [0.1, 0.15) is 0 Å². The number of nitrogens with one attached hydrogen (secondary N) is 1. The van der Waals surface area contributed by atoms with Crippen LogP contribution in [0.2, 0.25) is 0 Å². The molecule has 1 aromatic carbocycles. The third kappa shape index (κ3) is 2.82. The van der Waals surface area contributed by atoms with Gasteiger partial charge in [-0.1, -0.05) is 30.3 Å². The van der Waals surface area contributed by atoms with Crippen LogP contribution in [0.4, 0.5) is 0 Å². The van der Waals surface area contributed by atoms with E-state index in [2.05, 4.69) is 41.5 Å². The van der Waals surface area contributed by atoms with Crippen LogP contribution in [0.5, 0.6) is 0 Å². The number of nitrogens with zero attached hydrogens (tertiary/aromatic N) is 1. The normalized spacial score (nSPS) is 25.9. The van der Waals surface area contributed by atoms with Crippen LogP contribution < -0.4 is 5.32 Å². The maximum absolute atomic E-state index is 9.94. The van der Waals surface area contributed by atoms with E-state index >= 15 is 0 Å². The molecule has 1 fully saturated rings. The second-order valence-electron chi connectivity index (χ2n) is 4.53. The van der Waals surface area contributed by atoms with Gasteiger partial charge < -0.3 is 10.4 Å². The van der Waals surface area contributed by atoms with Crippen LogP contribution in [0.25, 0.3) is 0 Å². The molecule has 88 valence electrons. The van der Waals surface area contributed by atoms with Crippen molar-refractivity contribution in [2.24, 2.45) is 0 Å². The lowest BCUT2D eigenvalue weighted by Gasteiger charge is -2.35. The highest BCUT2D eigenvalue weighted by molar-refractivity contribution is 5.14. The summed E-state index contributed by atoms with van der Waals surface area (Å²) in [5, 5.41) is 13.3. The Bertz CT molecular complexity index is 315. The molecule has 0 spiro atoms. The first-order valence-electron chi connectivity index (χ1n) is 5.90. The molecule has 2 rings (SSSR count). The maximum atomic E-state index is 9.94. The zero-order chi connectivity index (χ0) is 11.4. The Morgan fingerprint density at radius 1 is 1.38 bits per heavy atom. The van der Waals surface area contributed by atoms with Gasteiger partial charge in [-0.3, -0.25) is 4.90 Å². The van der Waals surface area contributed by atoms with Gasteiger partial charge in [-0.25, -0.2) is 0 Å². The average molecular weight is 220 g/mol. The molecule has 0 saturated carbocycles. The molecule has 1 aromatic rings. The minimum absolute atomic E-state index is 0.199. The SMILES string of the molecule is CN(Cc1ccccc1)[C@H]1CNCC[C@@H]1O. The number of piperidine rings is 1. The van der Waals surface area contributed by atoms with Gasteiger partial charge in [0.25, 0.3) is 0 Å². The summed E-state index contributed by atoms with van der Waals surface area (Å²) in [5.74, 6) is 0. The lowest BCUT2D eigenvalue weighted by atomic mass is 10.0. The summed E-state index contributed by atoms with van der Waals surface area (Å²) in [7, 11) is 2.08. The molecule has 1 aliphatic heterocycles. The molecule has 0 unspecified atom stereocenters. The van der Waals surface area contributed by atoms with E-state index in [1.807, 2.05) is 6.07 Å². The molecule has 1 heterocycles. The van der Waals surface area contributed by atoms with Crippen LogP contribution in [0.15, 0.2) is 30.3 Å². The lowest BCUT2D eigenvalue weighted by molar-refractivity contribution is 0.0374. The number of rotatable bonds is 3. The first-order chi connectivity index (χ1) is 7.77. The number of benzene rings is 1. The minimum Gasteiger partial charge on any atom is -0.391 e. The van der Waals surface area contributed by atoms with E-state index in [0.717, 1.165) is 26.1 Å². The number of hydrogen-bond donors (Lipinski definition) is 2. The van der Waals surface area contributed by atoms with Crippen molar-refractivity contribution in [3.63, 3.8) is 0 Å². The quantitative estimate of drug-likeness (QED) is 0.792. The molecule has 16 heavy (non-hydrogen) atoms. The first-order valence-corrected chi connectivity index (χ1v) is 5.90. The Morgan fingerprint density at radius 2 is 2.12 bits per heavy atom. The van der Waals surface area contributed by atoms with E-state index < -0.39 is 0 Å². The third-order valence-electron chi connectivity index (χ3n) is 3.26. The van der Waals surface area contributed by atoms with Gasteiger partial charge >= 0.3 is 0 Å². The lowest BCUT2D eigenvalue weighted by Crippen LogP contribution is -2.52. The Balaban J connectivity index is 1.94. The fourth-order valence-corrected chi connectivity index (χ4v) is 2.27. The van der Waals surface area contributed by atoms with Gasteiger partial charge in [0, 0.05) is 19.1 Å². The molecule has 0 aromatic heterocycles. The summed E-state index contributed by atoms with van der Waals surface area (Å²) in [4.78, 5) is 2.23. The van der Waals surface area contributed by atoms with Crippen molar-refractivity contribution in [2.45, 2.75) is 25.1 Å². The molecule has 0 bridgehead atoms. The van der Waals surface area contributed by atoms with E-state index in [1.54, 1.807) is 0 Å². The highest BCUT2D eigenvalue weighted by Crippen LogP contribution is 2.12. The van der Waals surface area contributed by atoms with Gasteiger partial charge in [-0.2, -0.15) is 0 Å². The monoisotopic (exact) mass is 220 g/mol. The van der Waals surface area contributed by atoms with E-state index in [0.29, 0.717) is 0 Å². The van der Waals surface area contributed by atoms with Crippen LogP contribution in [0, 0.1) is 0 Å². The van der Waals surface area contributed by atoms with Crippen LogP contribution in [0.1, 0.15) is 12.0 Å². The largest absolute Gasteiger partial charge is 0.391 e. The van der Waals surface area contributed by atoms with Crippen molar-refractivity contribution >= 4 is 0 Å². The Kier molecular flexibility index (Phi) is 3.93. The summed E-state index contributed by atoms with van der Waals surface area (Å²) < 4.78 is 0. The predicted molar refractivity (Wildman–Crippen MR) is 65.2 cm³/mol. The second kappa shape index (κ2) is 5.43. The smallest absolute Gasteiger partial charge is 0.0719 e. The van der Waals surface area contributed by atoms with Crippen molar-refractivity contribution in [1.82, 2.24) is 10.2 Å². The third-order valence-corrected chi connectivity index (χ3v) is 3.26. The molecule has 1 aliphatic rings. The standard InChI is InChI=1S/C13H20N2O/c1-15(10-11-5-3-2-4-6-11)12-9-14-8-7-13(12)16/h2-6,12-14,16H,7-10H2,1H3/t12-,13-/m0/s1. The van der Waals surface area contributed by atoms with Crippen LogP contribution in [0.3, 0.4) is 0 Å². The fourth-order valence-electron chi connectivity index (χ4n) is 2.27. The number of aliphatic hydroxyl groups excluding tert-OH is 1. The molecular formula is C13H20N2O. The molecule has 3 nitrogen and oxygen atoms in total. The van der Waals surface area contributed by atoms with Gasteiger partial charge in [-0.15, -0.1) is 0 Å². The van der Waals surface area contributed by atoms with Crippen LogP contribution >= 0.6 is 0 Å². The van der Waals surface area contributed by atoms with Crippen molar-refractivity contribution < 1.29 is 5.11 Å². The number of hydrogen-bond acceptors (Lipinski definition) is 3. The van der Waals surface area contributed by atoms with Crippen LogP contribution in [-0.2, 0) is 6.54 Å². The van der Waals surface area contributed by atoms with Gasteiger partial charge in [0.2, 0.25) is 0 Å². The van der Waals surface area contributed by atoms with Gasteiger partial charge in [0.15, 0.2) is 0 Å². The Labute approximate surface area is 97.1 Å². The maximum Gasteiger partial charge on any atom is 0.0719 e. The number of aliphatic hydroxyl groups is 1. The van der Waals surface area contributed by atoms with E-state index in [9.17, 15) is 5.11 Å². The summed E-state index contributed by atoms with van der Waals surface area (Å²) in [5.41, 5.74) is 1.29. The van der Waals surface area contributed by atoms with Crippen molar-refractivity contribution in [3.8, 4) is 0 Å². The molecule has 0 radical (unpaired) electrons. The van der Waals surface area contributed by atoms with Crippen molar-refractivity contribution in [3.05, 3.63) is 35.9 Å². The van der Waals surface area contributed by atoms with Gasteiger partial charge in [0.05, 0.1) is 6.10 Å². The van der Waals surface area contributed by atoms with E-state index in [4.69, 9.17) is 0 Å². The highest BCUT2D eigenvalue weighted by Gasteiger charge is 2.26. The topological polar surface area (TPSA) is 35.5 Å². The summed E-state index contributed by atoms with van der Waals surface area (Å²) in [6.07, 6.45) is 0.652. The minimum atomic E-state index is -0.199. The Morgan fingerprint density at radius 3 is 2.81 bits per heavy atom. The second-order valence-corrected chi connectivity index (χ2v) is 4.53. The van der Waals surface area contributed by atoms with E-state index in [1.165, 1.54) is 5.56 Å². The highest BCUT2D eigenvalue weighted by atomic mass is 16.3. The predicted octanol–water partition coefficient (Wildman–Crippen LogP) is 0.841. The summed E-state index contributed by atoms with van der Waals surface area (Å²) in [6.45, 7) is 2.70. The first kappa shape index (κ1) is 11.6. The summed E-state index contributed by atoms with van der Waals surface area (Å²) >= 11 is 0. The average Bonchev–Trinajstić information content (AvgIpc) is 2.31. The molecule has 0 amide bonds. The molecular weight excluding hydrogens is 200 g/mol.